The van der Waals surface area contributed by atoms with Gasteiger partial charge in [0.2, 0.25) is 0 Å². The first kappa shape index (κ1) is 15.6. The maximum Gasteiger partial charge on any atom is 0.333 e. The van der Waals surface area contributed by atoms with Crippen LogP contribution >= 0.6 is 0 Å². The van der Waals surface area contributed by atoms with Gasteiger partial charge in [0.15, 0.2) is 0 Å². The number of carbonyl (C=O) groups is 2. The predicted molar refractivity (Wildman–Crippen MR) is 58.2 cm³/mol. The standard InChI is InChI=1S/C7H10O2.C4H6O2/c1-4-5-9-7(8)6(2)3;1-3-4(5)6-2/h4H,1-2,5H2,3H3;3H,1H2,2H3. The zero-order valence-corrected chi connectivity index (χ0v) is 9.12. The lowest BCUT2D eigenvalue weighted by molar-refractivity contribution is -0.137. The summed E-state index contributed by atoms with van der Waals surface area (Å²) in [7, 11) is 1.31. The first-order valence-corrected chi connectivity index (χ1v) is 4.13. The molecule has 0 heterocycles. The van der Waals surface area contributed by atoms with Gasteiger partial charge in [-0.15, -0.1) is 0 Å². The molecule has 0 aliphatic rings. The molecule has 0 saturated carbocycles. The fraction of sp³-hybridized carbons (Fsp3) is 0.273. The summed E-state index contributed by atoms with van der Waals surface area (Å²) in [5.74, 6) is -0.759. The van der Waals surface area contributed by atoms with Crippen molar-refractivity contribution in [3.63, 3.8) is 0 Å². The van der Waals surface area contributed by atoms with Crippen molar-refractivity contribution in [1.82, 2.24) is 0 Å². The van der Waals surface area contributed by atoms with Crippen molar-refractivity contribution in [1.29, 1.82) is 0 Å². The van der Waals surface area contributed by atoms with Crippen molar-refractivity contribution in [3.8, 4) is 0 Å². The third-order valence-corrected chi connectivity index (χ3v) is 1.05. The van der Waals surface area contributed by atoms with Crippen LogP contribution in [0.5, 0.6) is 0 Å². The average Bonchev–Trinajstić information content (AvgIpc) is 2.25. The number of rotatable bonds is 4. The van der Waals surface area contributed by atoms with Crippen molar-refractivity contribution in [2.24, 2.45) is 0 Å². The first-order chi connectivity index (χ1) is 6.99. The number of ether oxygens (including phenoxy) is 2. The molecule has 0 unspecified atom stereocenters. The number of hydrogen-bond acceptors (Lipinski definition) is 4. The maximum atomic E-state index is 10.5. The van der Waals surface area contributed by atoms with Crippen LogP contribution < -0.4 is 0 Å². The van der Waals surface area contributed by atoms with Gasteiger partial charge < -0.3 is 9.47 Å². The Morgan fingerprint density at radius 3 is 2.07 bits per heavy atom. The fourth-order valence-electron chi connectivity index (χ4n) is 0.341. The van der Waals surface area contributed by atoms with Gasteiger partial charge in [-0.25, -0.2) is 9.59 Å². The van der Waals surface area contributed by atoms with Crippen LogP contribution in [-0.2, 0) is 19.1 Å². The van der Waals surface area contributed by atoms with Crippen molar-refractivity contribution in [2.45, 2.75) is 6.92 Å². The molecule has 0 rings (SSSR count). The van der Waals surface area contributed by atoms with Gasteiger partial charge in [0.1, 0.15) is 6.61 Å². The van der Waals surface area contributed by atoms with Gasteiger partial charge in [0, 0.05) is 11.6 Å². The smallest absolute Gasteiger partial charge is 0.333 e. The van der Waals surface area contributed by atoms with Gasteiger partial charge in [-0.1, -0.05) is 25.8 Å². The number of esters is 2. The van der Waals surface area contributed by atoms with Crippen LogP contribution in [0.1, 0.15) is 6.92 Å². The average molecular weight is 212 g/mol. The zero-order valence-electron chi connectivity index (χ0n) is 9.12. The molecule has 15 heavy (non-hydrogen) atoms. The lowest BCUT2D eigenvalue weighted by Gasteiger charge is -1.97. The van der Waals surface area contributed by atoms with Gasteiger partial charge in [0.05, 0.1) is 7.11 Å². The van der Waals surface area contributed by atoms with Crippen LogP contribution in [0.2, 0.25) is 0 Å². The molecule has 0 aliphatic heterocycles. The van der Waals surface area contributed by atoms with Gasteiger partial charge in [-0.3, -0.25) is 0 Å². The van der Waals surface area contributed by atoms with E-state index in [9.17, 15) is 9.59 Å². The Kier molecular flexibility index (Phi) is 10.7. The summed E-state index contributed by atoms with van der Waals surface area (Å²) in [6.45, 7) is 11.8. The Balaban J connectivity index is 0. The van der Waals surface area contributed by atoms with Crippen molar-refractivity contribution in [3.05, 3.63) is 37.5 Å². The minimum Gasteiger partial charge on any atom is -0.466 e. The van der Waals surface area contributed by atoms with E-state index in [0.29, 0.717) is 5.57 Å². The van der Waals surface area contributed by atoms with E-state index < -0.39 is 5.97 Å². The Morgan fingerprint density at radius 2 is 1.87 bits per heavy atom. The highest BCUT2D eigenvalue weighted by molar-refractivity contribution is 5.86. The zero-order chi connectivity index (χ0) is 12.3. The van der Waals surface area contributed by atoms with Crippen LogP contribution in [0.15, 0.2) is 37.5 Å². The monoisotopic (exact) mass is 212 g/mol. The minimum atomic E-state index is -0.394. The summed E-state index contributed by atoms with van der Waals surface area (Å²) in [5.41, 5.74) is 0.414. The molecule has 0 aromatic rings. The molecule has 4 nitrogen and oxygen atoms in total. The Morgan fingerprint density at radius 1 is 1.33 bits per heavy atom. The molecule has 0 bridgehead atoms. The molecule has 0 N–H and O–H groups in total. The third kappa shape index (κ3) is 12.2. The Hall–Kier alpha value is -1.84. The second-order valence-electron chi connectivity index (χ2n) is 2.39. The summed E-state index contributed by atoms with van der Waals surface area (Å²) >= 11 is 0. The van der Waals surface area contributed by atoms with Crippen molar-refractivity contribution >= 4 is 11.9 Å². The molecule has 0 fully saturated rings. The van der Waals surface area contributed by atoms with Crippen LogP contribution in [0.3, 0.4) is 0 Å². The van der Waals surface area contributed by atoms with Crippen molar-refractivity contribution < 1.29 is 19.1 Å². The largest absolute Gasteiger partial charge is 0.466 e. The van der Waals surface area contributed by atoms with Gasteiger partial charge in [-0.05, 0) is 6.92 Å². The van der Waals surface area contributed by atoms with E-state index >= 15 is 0 Å². The van der Waals surface area contributed by atoms with E-state index in [-0.39, 0.29) is 12.6 Å². The highest BCUT2D eigenvalue weighted by Gasteiger charge is 1.98. The van der Waals surface area contributed by atoms with Crippen LogP contribution in [0.4, 0.5) is 0 Å². The van der Waals surface area contributed by atoms with E-state index in [1.165, 1.54) is 13.2 Å². The molecular formula is C11H16O4. The van der Waals surface area contributed by atoms with Crippen molar-refractivity contribution in [2.75, 3.05) is 13.7 Å². The summed E-state index contributed by atoms with van der Waals surface area (Å²) in [6.07, 6.45) is 2.63. The molecule has 0 aromatic heterocycles. The van der Waals surface area contributed by atoms with Crippen LogP contribution in [0, 0.1) is 0 Å². The summed E-state index contributed by atoms with van der Waals surface area (Å²) in [5, 5.41) is 0. The van der Waals surface area contributed by atoms with E-state index in [1.807, 2.05) is 0 Å². The molecule has 0 aliphatic carbocycles. The van der Waals surface area contributed by atoms with Gasteiger partial charge >= 0.3 is 11.9 Å². The molecular weight excluding hydrogens is 196 g/mol. The quantitative estimate of drug-likeness (QED) is 0.404. The lowest BCUT2D eigenvalue weighted by Crippen LogP contribution is -2.03. The van der Waals surface area contributed by atoms with E-state index in [1.54, 1.807) is 6.92 Å². The molecule has 0 radical (unpaired) electrons. The minimum absolute atomic E-state index is 0.256. The van der Waals surface area contributed by atoms with Gasteiger partial charge in [-0.2, -0.15) is 0 Å². The first-order valence-electron chi connectivity index (χ1n) is 4.13. The number of carbonyl (C=O) groups excluding carboxylic acids is 2. The SMILES string of the molecule is C=CC(=O)OC.C=CCOC(=O)C(=C)C. The van der Waals surface area contributed by atoms with Crippen LogP contribution in [0.25, 0.3) is 0 Å². The Bertz CT molecular complexity index is 253. The predicted octanol–water partition coefficient (Wildman–Crippen LogP) is 1.64. The van der Waals surface area contributed by atoms with Crippen LogP contribution in [-0.4, -0.2) is 25.7 Å². The van der Waals surface area contributed by atoms with Gasteiger partial charge in [0.25, 0.3) is 0 Å². The number of hydrogen-bond donors (Lipinski definition) is 0. The Labute approximate surface area is 89.9 Å². The second kappa shape index (κ2) is 10.2. The summed E-state index contributed by atoms with van der Waals surface area (Å²) in [4.78, 5) is 20.4. The molecule has 0 spiro atoms. The van der Waals surface area contributed by atoms with E-state index in [4.69, 9.17) is 0 Å². The summed E-state index contributed by atoms with van der Waals surface area (Å²) in [6, 6.07) is 0. The molecule has 0 amide bonds. The second-order valence-corrected chi connectivity index (χ2v) is 2.39. The normalized spacial score (nSPS) is 7.60. The summed E-state index contributed by atoms with van der Waals surface area (Å²) < 4.78 is 8.74. The van der Waals surface area contributed by atoms with E-state index in [0.717, 1.165) is 6.08 Å². The maximum absolute atomic E-state index is 10.5. The number of methoxy groups -OCH3 is 1. The highest BCUT2D eigenvalue weighted by Crippen LogP contribution is 1.90. The molecule has 4 heteroatoms. The topological polar surface area (TPSA) is 52.6 Å². The lowest BCUT2D eigenvalue weighted by atomic mass is 10.4. The molecule has 0 aromatic carbocycles. The third-order valence-electron chi connectivity index (χ3n) is 1.05. The molecule has 0 saturated heterocycles. The fourth-order valence-corrected chi connectivity index (χ4v) is 0.341. The molecule has 84 valence electrons. The highest BCUT2D eigenvalue weighted by atomic mass is 16.5. The van der Waals surface area contributed by atoms with E-state index in [2.05, 4.69) is 29.2 Å². The molecule has 0 atom stereocenters.